The standard InChI is InChI=1S/C10H12BrNO3S/c1-7(5-13)16-6-8-2-3-9(12(14)15)4-10(8)11/h2-4,7,13H,5-6H2,1H3. The summed E-state index contributed by atoms with van der Waals surface area (Å²) < 4.78 is 0.735. The van der Waals surface area contributed by atoms with Crippen LogP contribution in [0.3, 0.4) is 0 Å². The zero-order valence-electron chi connectivity index (χ0n) is 8.72. The Morgan fingerprint density at radius 2 is 2.31 bits per heavy atom. The fraction of sp³-hybridized carbons (Fsp3) is 0.400. The lowest BCUT2D eigenvalue weighted by atomic mass is 10.2. The van der Waals surface area contributed by atoms with Crippen LogP contribution in [0.4, 0.5) is 5.69 Å². The number of rotatable bonds is 5. The number of nitro benzene ring substituents is 1. The van der Waals surface area contributed by atoms with E-state index in [4.69, 9.17) is 5.11 Å². The van der Waals surface area contributed by atoms with Gasteiger partial charge in [0, 0.05) is 27.6 Å². The van der Waals surface area contributed by atoms with Crippen molar-refractivity contribution in [3.63, 3.8) is 0 Å². The van der Waals surface area contributed by atoms with Crippen molar-refractivity contribution in [2.75, 3.05) is 6.61 Å². The average Bonchev–Trinajstić information content (AvgIpc) is 2.26. The van der Waals surface area contributed by atoms with Gasteiger partial charge in [-0.2, -0.15) is 11.8 Å². The van der Waals surface area contributed by atoms with Crippen molar-refractivity contribution >= 4 is 33.4 Å². The first-order valence-electron chi connectivity index (χ1n) is 4.70. The predicted molar refractivity (Wildman–Crippen MR) is 68.6 cm³/mol. The number of hydrogen-bond acceptors (Lipinski definition) is 4. The van der Waals surface area contributed by atoms with Gasteiger partial charge in [0.2, 0.25) is 0 Å². The molecule has 1 unspecified atom stereocenters. The number of non-ortho nitro benzene ring substituents is 1. The van der Waals surface area contributed by atoms with Crippen LogP contribution in [-0.2, 0) is 5.75 Å². The highest BCUT2D eigenvalue weighted by Crippen LogP contribution is 2.27. The Morgan fingerprint density at radius 3 is 2.81 bits per heavy atom. The Hall–Kier alpha value is -0.590. The molecule has 0 spiro atoms. The molecule has 0 bridgehead atoms. The highest BCUT2D eigenvalue weighted by molar-refractivity contribution is 9.10. The zero-order chi connectivity index (χ0) is 12.1. The number of hydrogen-bond donors (Lipinski definition) is 1. The summed E-state index contributed by atoms with van der Waals surface area (Å²) in [4.78, 5) is 10.1. The molecular formula is C10H12BrNO3S. The summed E-state index contributed by atoms with van der Waals surface area (Å²) in [5.74, 6) is 0.723. The first-order valence-corrected chi connectivity index (χ1v) is 6.54. The molecule has 88 valence electrons. The lowest BCUT2D eigenvalue weighted by molar-refractivity contribution is -0.384. The molecule has 1 atom stereocenters. The molecule has 4 nitrogen and oxygen atoms in total. The molecule has 0 fully saturated rings. The van der Waals surface area contributed by atoms with Crippen LogP contribution in [0.2, 0.25) is 0 Å². The van der Waals surface area contributed by atoms with Gasteiger partial charge in [-0.25, -0.2) is 0 Å². The maximum atomic E-state index is 10.5. The van der Waals surface area contributed by atoms with Crippen molar-refractivity contribution < 1.29 is 10.0 Å². The van der Waals surface area contributed by atoms with Crippen LogP contribution in [-0.4, -0.2) is 21.9 Å². The van der Waals surface area contributed by atoms with E-state index in [1.807, 2.05) is 6.92 Å². The van der Waals surface area contributed by atoms with Crippen molar-refractivity contribution in [1.82, 2.24) is 0 Å². The number of aliphatic hydroxyl groups is 1. The third-order valence-corrected chi connectivity index (χ3v) is 3.96. The first-order chi connectivity index (χ1) is 7.54. The highest BCUT2D eigenvalue weighted by Gasteiger charge is 2.10. The number of halogens is 1. The van der Waals surface area contributed by atoms with Gasteiger partial charge in [0.1, 0.15) is 0 Å². The summed E-state index contributed by atoms with van der Waals surface area (Å²) >= 11 is 4.92. The molecule has 0 saturated carbocycles. The van der Waals surface area contributed by atoms with E-state index in [0.717, 1.165) is 15.8 Å². The number of aliphatic hydroxyl groups excluding tert-OH is 1. The second-order valence-corrected chi connectivity index (χ2v) is 5.62. The summed E-state index contributed by atoms with van der Waals surface area (Å²) in [5.41, 5.74) is 1.08. The van der Waals surface area contributed by atoms with Gasteiger partial charge in [-0.3, -0.25) is 10.1 Å². The van der Waals surface area contributed by atoms with E-state index in [0.29, 0.717) is 0 Å². The van der Waals surface area contributed by atoms with E-state index in [2.05, 4.69) is 15.9 Å². The van der Waals surface area contributed by atoms with Gasteiger partial charge in [0.25, 0.3) is 5.69 Å². The fourth-order valence-electron chi connectivity index (χ4n) is 1.05. The third kappa shape index (κ3) is 3.77. The van der Waals surface area contributed by atoms with Crippen LogP contribution in [0.25, 0.3) is 0 Å². The summed E-state index contributed by atoms with van der Waals surface area (Å²) in [6, 6.07) is 4.73. The van der Waals surface area contributed by atoms with Gasteiger partial charge in [-0.15, -0.1) is 0 Å². The lowest BCUT2D eigenvalue weighted by Crippen LogP contribution is -2.02. The molecule has 1 N–H and O–H groups in total. The maximum Gasteiger partial charge on any atom is 0.270 e. The second-order valence-electron chi connectivity index (χ2n) is 3.34. The molecule has 0 radical (unpaired) electrons. The molecule has 0 aliphatic heterocycles. The van der Waals surface area contributed by atoms with Crippen LogP contribution < -0.4 is 0 Å². The molecular weight excluding hydrogens is 294 g/mol. The Kier molecular flexibility index (Phi) is 5.24. The quantitative estimate of drug-likeness (QED) is 0.671. The van der Waals surface area contributed by atoms with E-state index in [-0.39, 0.29) is 17.5 Å². The first kappa shape index (κ1) is 13.5. The van der Waals surface area contributed by atoms with Gasteiger partial charge in [-0.05, 0) is 5.56 Å². The van der Waals surface area contributed by atoms with Gasteiger partial charge >= 0.3 is 0 Å². The monoisotopic (exact) mass is 305 g/mol. The molecule has 0 amide bonds. The molecule has 6 heteroatoms. The van der Waals surface area contributed by atoms with Crippen LogP contribution in [0, 0.1) is 10.1 Å². The molecule has 0 aliphatic carbocycles. The van der Waals surface area contributed by atoms with E-state index in [1.165, 1.54) is 12.1 Å². The van der Waals surface area contributed by atoms with Gasteiger partial charge in [0.05, 0.1) is 11.5 Å². The third-order valence-electron chi connectivity index (χ3n) is 2.03. The molecule has 1 aromatic carbocycles. The number of benzene rings is 1. The van der Waals surface area contributed by atoms with Crippen molar-refractivity contribution in [3.05, 3.63) is 38.3 Å². The normalized spacial score (nSPS) is 12.4. The Balaban J connectivity index is 2.72. The molecule has 0 heterocycles. The SMILES string of the molecule is CC(CO)SCc1ccc([N+](=O)[O-])cc1Br. The lowest BCUT2D eigenvalue weighted by Gasteiger charge is -2.08. The van der Waals surface area contributed by atoms with Crippen molar-refractivity contribution in [1.29, 1.82) is 0 Å². The Bertz CT molecular complexity index is 386. The summed E-state index contributed by atoms with van der Waals surface area (Å²) in [6.45, 7) is 2.07. The van der Waals surface area contributed by atoms with E-state index >= 15 is 0 Å². The Morgan fingerprint density at radius 1 is 1.62 bits per heavy atom. The van der Waals surface area contributed by atoms with E-state index < -0.39 is 4.92 Å². The number of thioether (sulfide) groups is 1. The van der Waals surface area contributed by atoms with Crippen LogP contribution in [0.5, 0.6) is 0 Å². The summed E-state index contributed by atoms with van der Waals surface area (Å²) in [6.07, 6.45) is 0. The summed E-state index contributed by atoms with van der Waals surface area (Å²) in [7, 11) is 0. The van der Waals surface area contributed by atoms with Crippen molar-refractivity contribution in [3.8, 4) is 0 Å². The zero-order valence-corrected chi connectivity index (χ0v) is 11.1. The highest BCUT2D eigenvalue weighted by atomic mass is 79.9. The topological polar surface area (TPSA) is 63.4 Å². The molecule has 16 heavy (non-hydrogen) atoms. The Labute approximate surface area is 106 Å². The average molecular weight is 306 g/mol. The van der Waals surface area contributed by atoms with Gasteiger partial charge in [0.15, 0.2) is 0 Å². The number of nitro groups is 1. The van der Waals surface area contributed by atoms with Gasteiger partial charge in [-0.1, -0.05) is 28.9 Å². The minimum atomic E-state index is -0.419. The minimum absolute atomic E-state index is 0.0795. The van der Waals surface area contributed by atoms with Crippen molar-refractivity contribution in [2.45, 2.75) is 17.9 Å². The van der Waals surface area contributed by atoms with E-state index in [9.17, 15) is 10.1 Å². The molecule has 0 aliphatic rings. The molecule has 1 aromatic rings. The smallest absolute Gasteiger partial charge is 0.270 e. The number of nitrogens with zero attached hydrogens (tertiary/aromatic N) is 1. The fourth-order valence-corrected chi connectivity index (χ4v) is 2.57. The molecule has 0 saturated heterocycles. The van der Waals surface area contributed by atoms with Gasteiger partial charge < -0.3 is 5.11 Å². The minimum Gasteiger partial charge on any atom is -0.395 e. The largest absolute Gasteiger partial charge is 0.395 e. The van der Waals surface area contributed by atoms with Crippen LogP contribution in [0.15, 0.2) is 22.7 Å². The summed E-state index contributed by atoms with van der Waals surface area (Å²) in [5, 5.41) is 19.6. The second kappa shape index (κ2) is 6.22. The van der Waals surface area contributed by atoms with E-state index in [1.54, 1.807) is 17.8 Å². The molecule has 0 aromatic heterocycles. The van der Waals surface area contributed by atoms with Crippen molar-refractivity contribution in [2.24, 2.45) is 0 Å². The maximum absolute atomic E-state index is 10.5. The predicted octanol–water partition coefficient (Wildman–Crippen LogP) is 2.97. The molecule has 1 rings (SSSR count). The van der Waals surface area contributed by atoms with Crippen LogP contribution in [0.1, 0.15) is 12.5 Å². The van der Waals surface area contributed by atoms with Crippen LogP contribution >= 0.6 is 27.7 Å².